The Kier molecular flexibility index (Phi) is 4.85. The highest BCUT2D eigenvalue weighted by molar-refractivity contribution is 5.91. The summed E-state index contributed by atoms with van der Waals surface area (Å²) < 4.78 is 0. The van der Waals surface area contributed by atoms with Crippen molar-refractivity contribution in [2.45, 2.75) is 6.42 Å². The Morgan fingerprint density at radius 3 is 2.44 bits per heavy atom. The number of hydrogen-bond acceptors (Lipinski definition) is 3. The molecule has 5 heteroatoms. The van der Waals surface area contributed by atoms with Gasteiger partial charge in [0.1, 0.15) is 0 Å². The van der Waals surface area contributed by atoms with Crippen LogP contribution in [0.5, 0.6) is 0 Å². The van der Waals surface area contributed by atoms with Crippen LogP contribution in [0, 0.1) is 0 Å². The fourth-order valence-electron chi connectivity index (χ4n) is 2.55. The number of carboxylic acid groups (broad SMARTS) is 1. The summed E-state index contributed by atoms with van der Waals surface area (Å²) in [6, 6.07) is 20.0. The molecule has 1 amide bonds. The SMILES string of the molecule is O=C(Cc1cccc2ccccc12)N/N=C/c1ccc(C(=O)O)cc1. The second-order valence-corrected chi connectivity index (χ2v) is 5.54. The summed E-state index contributed by atoms with van der Waals surface area (Å²) in [7, 11) is 0. The van der Waals surface area contributed by atoms with Gasteiger partial charge < -0.3 is 5.11 Å². The summed E-state index contributed by atoms with van der Waals surface area (Å²) >= 11 is 0. The van der Waals surface area contributed by atoms with Gasteiger partial charge in [-0.15, -0.1) is 0 Å². The molecular formula is C20H16N2O3. The maximum atomic E-state index is 12.1. The second-order valence-electron chi connectivity index (χ2n) is 5.54. The van der Waals surface area contributed by atoms with Gasteiger partial charge in [0.25, 0.3) is 0 Å². The average Bonchev–Trinajstić information content (AvgIpc) is 2.62. The zero-order valence-corrected chi connectivity index (χ0v) is 13.3. The highest BCUT2D eigenvalue weighted by Gasteiger charge is 2.06. The fourth-order valence-corrected chi connectivity index (χ4v) is 2.55. The third-order valence-electron chi connectivity index (χ3n) is 3.79. The van der Waals surface area contributed by atoms with Crippen molar-refractivity contribution in [3.05, 3.63) is 83.4 Å². The van der Waals surface area contributed by atoms with Crippen molar-refractivity contribution in [2.75, 3.05) is 0 Å². The van der Waals surface area contributed by atoms with Crippen LogP contribution in [0.15, 0.2) is 71.8 Å². The maximum absolute atomic E-state index is 12.1. The van der Waals surface area contributed by atoms with Gasteiger partial charge in [-0.2, -0.15) is 5.10 Å². The smallest absolute Gasteiger partial charge is 0.335 e. The number of hydrazone groups is 1. The first-order valence-corrected chi connectivity index (χ1v) is 7.75. The number of benzene rings is 3. The molecule has 3 aromatic rings. The monoisotopic (exact) mass is 332 g/mol. The largest absolute Gasteiger partial charge is 0.478 e. The van der Waals surface area contributed by atoms with E-state index in [1.807, 2.05) is 42.5 Å². The highest BCUT2D eigenvalue weighted by atomic mass is 16.4. The Labute approximate surface area is 144 Å². The van der Waals surface area contributed by atoms with E-state index in [4.69, 9.17) is 5.11 Å². The van der Waals surface area contributed by atoms with Gasteiger partial charge in [-0.05, 0) is 34.0 Å². The third-order valence-corrected chi connectivity index (χ3v) is 3.79. The molecule has 0 atom stereocenters. The van der Waals surface area contributed by atoms with Gasteiger partial charge in [0.05, 0.1) is 18.2 Å². The second kappa shape index (κ2) is 7.40. The zero-order chi connectivity index (χ0) is 17.6. The molecule has 3 aromatic carbocycles. The number of nitrogens with one attached hydrogen (secondary N) is 1. The molecule has 0 aliphatic carbocycles. The van der Waals surface area contributed by atoms with Gasteiger partial charge in [-0.3, -0.25) is 4.79 Å². The van der Waals surface area contributed by atoms with E-state index in [2.05, 4.69) is 10.5 Å². The Morgan fingerprint density at radius 1 is 0.960 bits per heavy atom. The van der Waals surface area contributed by atoms with E-state index in [1.54, 1.807) is 12.1 Å². The van der Waals surface area contributed by atoms with E-state index in [0.717, 1.165) is 16.3 Å². The minimum atomic E-state index is -0.980. The number of carbonyl (C=O) groups is 2. The first-order valence-electron chi connectivity index (χ1n) is 7.75. The van der Waals surface area contributed by atoms with Crippen LogP contribution in [0.3, 0.4) is 0 Å². The van der Waals surface area contributed by atoms with Crippen LogP contribution in [0.25, 0.3) is 10.8 Å². The summed E-state index contributed by atoms with van der Waals surface area (Å²) in [4.78, 5) is 22.9. The van der Waals surface area contributed by atoms with Gasteiger partial charge in [0, 0.05) is 0 Å². The van der Waals surface area contributed by atoms with Crippen LogP contribution >= 0.6 is 0 Å². The van der Waals surface area contributed by atoms with E-state index < -0.39 is 5.97 Å². The van der Waals surface area contributed by atoms with E-state index >= 15 is 0 Å². The molecule has 25 heavy (non-hydrogen) atoms. The van der Waals surface area contributed by atoms with E-state index in [9.17, 15) is 9.59 Å². The summed E-state index contributed by atoms with van der Waals surface area (Å²) in [6.45, 7) is 0. The van der Waals surface area contributed by atoms with Crippen molar-refractivity contribution in [3.8, 4) is 0 Å². The summed E-state index contributed by atoms with van der Waals surface area (Å²) in [5.41, 5.74) is 4.35. The van der Waals surface area contributed by atoms with E-state index in [1.165, 1.54) is 18.3 Å². The topological polar surface area (TPSA) is 78.8 Å². The average molecular weight is 332 g/mol. The predicted octanol–water partition coefficient (Wildman–Crippen LogP) is 3.23. The number of nitrogens with zero attached hydrogens (tertiary/aromatic N) is 1. The molecule has 0 bridgehead atoms. The van der Waals surface area contributed by atoms with Gasteiger partial charge in [-0.25, -0.2) is 10.2 Å². The molecule has 5 nitrogen and oxygen atoms in total. The van der Waals surface area contributed by atoms with Crippen molar-refractivity contribution < 1.29 is 14.7 Å². The molecule has 0 spiro atoms. The van der Waals surface area contributed by atoms with Crippen molar-refractivity contribution >= 4 is 28.9 Å². The van der Waals surface area contributed by atoms with Gasteiger partial charge in [0.15, 0.2) is 0 Å². The number of hydrogen-bond donors (Lipinski definition) is 2. The van der Waals surface area contributed by atoms with Crippen LogP contribution in [-0.2, 0) is 11.2 Å². The number of carboxylic acids is 1. The van der Waals surface area contributed by atoms with Crippen LogP contribution in [-0.4, -0.2) is 23.2 Å². The van der Waals surface area contributed by atoms with Crippen molar-refractivity contribution in [1.29, 1.82) is 0 Å². The molecule has 0 fully saturated rings. The first-order chi connectivity index (χ1) is 12.1. The molecule has 0 aliphatic rings. The lowest BCUT2D eigenvalue weighted by molar-refractivity contribution is -0.120. The minimum Gasteiger partial charge on any atom is -0.478 e. The molecule has 124 valence electrons. The minimum absolute atomic E-state index is 0.206. The van der Waals surface area contributed by atoms with Crippen molar-refractivity contribution in [1.82, 2.24) is 5.43 Å². The first kappa shape index (κ1) is 16.4. The number of carbonyl (C=O) groups excluding carboxylic acids is 1. The lowest BCUT2D eigenvalue weighted by Crippen LogP contribution is -2.19. The number of rotatable bonds is 5. The summed E-state index contributed by atoms with van der Waals surface area (Å²) in [5.74, 6) is -1.19. The van der Waals surface area contributed by atoms with Crippen molar-refractivity contribution in [3.63, 3.8) is 0 Å². The molecular weight excluding hydrogens is 316 g/mol. The summed E-state index contributed by atoms with van der Waals surface area (Å²) in [6.07, 6.45) is 1.71. The molecule has 0 heterocycles. The third kappa shape index (κ3) is 4.09. The molecule has 3 rings (SSSR count). The van der Waals surface area contributed by atoms with Gasteiger partial charge in [0.2, 0.25) is 5.91 Å². The fraction of sp³-hybridized carbons (Fsp3) is 0.0500. The lowest BCUT2D eigenvalue weighted by Gasteiger charge is -2.05. The summed E-state index contributed by atoms with van der Waals surface area (Å²) in [5, 5.41) is 14.9. The zero-order valence-electron chi connectivity index (χ0n) is 13.3. The van der Waals surface area contributed by atoms with Gasteiger partial charge >= 0.3 is 5.97 Å². The van der Waals surface area contributed by atoms with Crippen molar-refractivity contribution in [2.24, 2.45) is 5.10 Å². The molecule has 0 aromatic heterocycles. The molecule has 0 saturated carbocycles. The quantitative estimate of drug-likeness (QED) is 0.556. The molecule has 0 saturated heterocycles. The van der Waals surface area contributed by atoms with E-state index in [-0.39, 0.29) is 17.9 Å². The predicted molar refractivity (Wildman–Crippen MR) is 96.8 cm³/mol. The Hall–Kier alpha value is -3.47. The lowest BCUT2D eigenvalue weighted by atomic mass is 10.0. The number of fused-ring (bicyclic) bond motifs is 1. The number of aromatic carboxylic acids is 1. The highest BCUT2D eigenvalue weighted by Crippen LogP contribution is 2.18. The Balaban J connectivity index is 1.63. The van der Waals surface area contributed by atoms with Crippen LogP contribution in [0.1, 0.15) is 21.5 Å². The Morgan fingerprint density at radius 2 is 1.68 bits per heavy atom. The molecule has 0 aliphatic heterocycles. The molecule has 0 unspecified atom stereocenters. The normalized spacial score (nSPS) is 10.9. The molecule has 2 N–H and O–H groups in total. The number of amides is 1. The standard InChI is InChI=1S/C20H16N2O3/c23-19(12-17-6-3-5-15-4-1-2-7-18(15)17)22-21-13-14-8-10-16(11-9-14)20(24)25/h1-11,13H,12H2,(H,22,23)(H,24,25)/b21-13+. The molecule has 0 radical (unpaired) electrons. The maximum Gasteiger partial charge on any atom is 0.335 e. The van der Waals surface area contributed by atoms with E-state index in [0.29, 0.717) is 5.56 Å². The van der Waals surface area contributed by atoms with Crippen LogP contribution in [0.4, 0.5) is 0 Å². The van der Waals surface area contributed by atoms with Crippen LogP contribution in [0.2, 0.25) is 0 Å². The van der Waals surface area contributed by atoms with Gasteiger partial charge in [-0.1, -0.05) is 54.6 Å². The van der Waals surface area contributed by atoms with Crippen LogP contribution < -0.4 is 5.43 Å². The Bertz CT molecular complexity index is 941.